The number of benzene rings is 2. The van der Waals surface area contributed by atoms with Crippen molar-refractivity contribution < 1.29 is 14.3 Å². The lowest BCUT2D eigenvalue weighted by molar-refractivity contribution is -0.154. The Balaban J connectivity index is 2.21. The summed E-state index contributed by atoms with van der Waals surface area (Å²) in [5, 5.41) is 4.82. The van der Waals surface area contributed by atoms with Crippen molar-refractivity contribution in [3.05, 3.63) is 48.0 Å². The second kappa shape index (κ2) is 6.19. The minimum atomic E-state index is -0.848. The maximum absolute atomic E-state index is 11.7. The zero-order chi connectivity index (χ0) is 14.5. The van der Waals surface area contributed by atoms with Crippen molar-refractivity contribution in [3.8, 4) is 0 Å². The fourth-order valence-corrected chi connectivity index (χ4v) is 2.16. The van der Waals surface area contributed by atoms with Gasteiger partial charge in [0.15, 0.2) is 0 Å². The van der Waals surface area contributed by atoms with E-state index in [0.29, 0.717) is 0 Å². The lowest BCUT2D eigenvalue weighted by Gasteiger charge is -2.16. The van der Waals surface area contributed by atoms with E-state index in [-0.39, 0.29) is 12.6 Å². The van der Waals surface area contributed by atoms with Gasteiger partial charge in [0.1, 0.15) is 0 Å². The Morgan fingerprint density at radius 3 is 2.60 bits per heavy atom. The van der Waals surface area contributed by atoms with Crippen molar-refractivity contribution in [2.75, 3.05) is 6.61 Å². The summed E-state index contributed by atoms with van der Waals surface area (Å²) in [5.41, 5.74) is 0.973. The molecule has 0 aliphatic carbocycles. The minimum Gasteiger partial charge on any atom is -0.459 e. The van der Waals surface area contributed by atoms with Gasteiger partial charge in [0.05, 0.1) is 12.6 Å². The molecule has 0 aliphatic rings. The van der Waals surface area contributed by atoms with Crippen molar-refractivity contribution in [3.63, 3.8) is 0 Å². The lowest BCUT2D eigenvalue weighted by Crippen LogP contribution is -2.34. The topological polar surface area (TPSA) is 55.4 Å². The lowest BCUT2D eigenvalue weighted by atomic mass is 10.00. The summed E-state index contributed by atoms with van der Waals surface area (Å²) in [6, 6.07) is 13.6. The molecule has 1 amide bonds. The van der Waals surface area contributed by atoms with Gasteiger partial charge < -0.3 is 10.1 Å². The number of carbonyl (C=O) groups is 2. The molecule has 0 aromatic heterocycles. The van der Waals surface area contributed by atoms with Crippen LogP contribution in [0.3, 0.4) is 0 Å². The SMILES string of the molecule is CCOC(=O)C(=O)N[C@@H](C)c1cccc2ccccc12. The van der Waals surface area contributed by atoms with E-state index in [1.165, 1.54) is 0 Å². The Labute approximate surface area is 117 Å². The molecule has 0 unspecified atom stereocenters. The number of fused-ring (bicyclic) bond motifs is 1. The highest BCUT2D eigenvalue weighted by molar-refractivity contribution is 6.32. The number of hydrogen-bond acceptors (Lipinski definition) is 3. The Hall–Kier alpha value is -2.36. The van der Waals surface area contributed by atoms with Crippen LogP contribution in [0, 0.1) is 0 Å². The van der Waals surface area contributed by atoms with Crippen LogP contribution in [0.5, 0.6) is 0 Å². The van der Waals surface area contributed by atoms with Crippen molar-refractivity contribution in [2.24, 2.45) is 0 Å². The zero-order valence-corrected chi connectivity index (χ0v) is 11.6. The van der Waals surface area contributed by atoms with E-state index in [4.69, 9.17) is 0 Å². The second-order valence-electron chi connectivity index (χ2n) is 4.48. The molecule has 0 spiro atoms. The molecule has 0 saturated carbocycles. The standard InChI is InChI=1S/C16H17NO3/c1-3-20-16(19)15(18)17-11(2)13-10-6-8-12-7-4-5-9-14(12)13/h4-11H,3H2,1-2H3,(H,17,18)/t11-/m0/s1. The van der Waals surface area contributed by atoms with Gasteiger partial charge in [-0.3, -0.25) is 4.79 Å². The van der Waals surface area contributed by atoms with Crippen molar-refractivity contribution in [1.29, 1.82) is 0 Å². The number of hydrogen-bond donors (Lipinski definition) is 1. The predicted octanol–water partition coefficient (Wildman–Crippen LogP) is 2.58. The first kappa shape index (κ1) is 14.1. The van der Waals surface area contributed by atoms with Crippen LogP contribution < -0.4 is 5.32 Å². The van der Waals surface area contributed by atoms with Crippen LogP contribution in [0.2, 0.25) is 0 Å². The number of rotatable bonds is 3. The molecule has 0 heterocycles. The molecule has 20 heavy (non-hydrogen) atoms. The monoisotopic (exact) mass is 271 g/mol. The average molecular weight is 271 g/mol. The molecule has 104 valence electrons. The molecule has 4 heteroatoms. The molecular formula is C16H17NO3. The van der Waals surface area contributed by atoms with E-state index in [9.17, 15) is 9.59 Å². The van der Waals surface area contributed by atoms with E-state index in [1.807, 2.05) is 49.4 Å². The second-order valence-corrected chi connectivity index (χ2v) is 4.48. The third-order valence-electron chi connectivity index (χ3n) is 3.10. The summed E-state index contributed by atoms with van der Waals surface area (Å²) in [5.74, 6) is -1.56. The third kappa shape index (κ3) is 2.96. The van der Waals surface area contributed by atoms with Crippen LogP contribution in [-0.4, -0.2) is 18.5 Å². The van der Waals surface area contributed by atoms with E-state index in [0.717, 1.165) is 16.3 Å². The molecule has 0 radical (unpaired) electrons. The molecule has 0 fully saturated rings. The maximum atomic E-state index is 11.7. The first-order valence-electron chi connectivity index (χ1n) is 6.58. The quantitative estimate of drug-likeness (QED) is 0.689. The highest BCUT2D eigenvalue weighted by Crippen LogP contribution is 2.23. The fourth-order valence-electron chi connectivity index (χ4n) is 2.16. The van der Waals surface area contributed by atoms with Crippen molar-refractivity contribution in [1.82, 2.24) is 5.32 Å². The Bertz CT molecular complexity index is 631. The first-order chi connectivity index (χ1) is 9.63. The predicted molar refractivity (Wildman–Crippen MR) is 77.1 cm³/mol. The van der Waals surface area contributed by atoms with Gasteiger partial charge in [0, 0.05) is 0 Å². The molecule has 2 aromatic carbocycles. The number of carbonyl (C=O) groups excluding carboxylic acids is 2. The van der Waals surface area contributed by atoms with Crippen LogP contribution in [0.4, 0.5) is 0 Å². The van der Waals surface area contributed by atoms with Crippen LogP contribution in [0.1, 0.15) is 25.5 Å². The van der Waals surface area contributed by atoms with E-state index in [2.05, 4.69) is 10.1 Å². The number of ether oxygens (including phenoxy) is 1. The number of amides is 1. The molecule has 4 nitrogen and oxygen atoms in total. The Morgan fingerprint density at radius 1 is 1.15 bits per heavy atom. The van der Waals surface area contributed by atoms with Crippen molar-refractivity contribution in [2.45, 2.75) is 19.9 Å². The molecule has 0 saturated heterocycles. The average Bonchev–Trinajstić information content (AvgIpc) is 2.46. The third-order valence-corrected chi connectivity index (χ3v) is 3.10. The Morgan fingerprint density at radius 2 is 1.85 bits per heavy atom. The van der Waals surface area contributed by atoms with Crippen LogP contribution >= 0.6 is 0 Å². The highest BCUT2D eigenvalue weighted by Gasteiger charge is 2.18. The van der Waals surface area contributed by atoms with E-state index >= 15 is 0 Å². The minimum absolute atomic E-state index is 0.189. The highest BCUT2D eigenvalue weighted by atomic mass is 16.5. The maximum Gasteiger partial charge on any atom is 0.396 e. The van der Waals surface area contributed by atoms with E-state index < -0.39 is 11.9 Å². The van der Waals surface area contributed by atoms with E-state index in [1.54, 1.807) is 6.92 Å². The van der Waals surface area contributed by atoms with Gasteiger partial charge in [-0.25, -0.2) is 4.79 Å². The molecule has 1 atom stereocenters. The van der Waals surface area contributed by atoms with Gasteiger partial charge in [-0.15, -0.1) is 0 Å². The van der Waals surface area contributed by atoms with Gasteiger partial charge in [-0.1, -0.05) is 42.5 Å². The summed E-state index contributed by atoms with van der Waals surface area (Å²) in [4.78, 5) is 23.0. The summed E-state index contributed by atoms with van der Waals surface area (Å²) < 4.78 is 4.68. The molecule has 0 bridgehead atoms. The van der Waals surface area contributed by atoms with Gasteiger partial charge in [0.25, 0.3) is 0 Å². The van der Waals surface area contributed by atoms with Crippen LogP contribution in [-0.2, 0) is 14.3 Å². The van der Waals surface area contributed by atoms with Gasteiger partial charge in [0.2, 0.25) is 0 Å². The van der Waals surface area contributed by atoms with Gasteiger partial charge >= 0.3 is 11.9 Å². The molecular weight excluding hydrogens is 254 g/mol. The first-order valence-corrected chi connectivity index (χ1v) is 6.58. The van der Waals surface area contributed by atoms with Gasteiger partial charge in [-0.2, -0.15) is 0 Å². The normalized spacial score (nSPS) is 11.9. The number of nitrogens with one attached hydrogen (secondary N) is 1. The molecule has 0 aliphatic heterocycles. The summed E-state index contributed by atoms with van der Waals surface area (Å²) >= 11 is 0. The Kier molecular flexibility index (Phi) is 4.35. The van der Waals surface area contributed by atoms with Gasteiger partial charge in [-0.05, 0) is 30.2 Å². The van der Waals surface area contributed by atoms with Crippen molar-refractivity contribution >= 4 is 22.6 Å². The zero-order valence-electron chi connectivity index (χ0n) is 11.6. The fraction of sp³-hybridized carbons (Fsp3) is 0.250. The molecule has 1 N–H and O–H groups in total. The number of esters is 1. The summed E-state index contributed by atoms with van der Waals surface area (Å²) in [6.07, 6.45) is 0. The molecule has 2 rings (SSSR count). The molecule has 2 aromatic rings. The summed E-state index contributed by atoms with van der Waals surface area (Å²) in [7, 11) is 0. The largest absolute Gasteiger partial charge is 0.459 e. The summed E-state index contributed by atoms with van der Waals surface area (Å²) in [6.45, 7) is 3.70. The van der Waals surface area contributed by atoms with Crippen LogP contribution in [0.25, 0.3) is 10.8 Å². The smallest absolute Gasteiger partial charge is 0.396 e. The van der Waals surface area contributed by atoms with Crippen LogP contribution in [0.15, 0.2) is 42.5 Å².